The molecular weight excluding hydrogens is 528 g/mol. The summed E-state index contributed by atoms with van der Waals surface area (Å²) in [5, 5.41) is 11.8. The Hall–Kier alpha value is -0.270. The Labute approximate surface area is 201 Å². The van der Waals surface area contributed by atoms with Crippen molar-refractivity contribution in [3.63, 3.8) is 0 Å². The second-order valence-corrected chi connectivity index (χ2v) is 13.2. The van der Waals surface area contributed by atoms with Crippen molar-refractivity contribution in [3.8, 4) is 0 Å². The van der Waals surface area contributed by atoms with Gasteiger partial charge >= 0.3 is 5.97 Å². The molecule has 7 heteroatoms. The molecule has 0 spiro atoms. The highest BCUT2D eigenvalue weighted by atomic mass is 79.9. The lowest BCUT2D eigenvalue weighted by Crippen LogP contribution is -2.62. The van der Waals surface area contributed by atoms with Crippen molar-refractivity contribution in [2.24, 2.45) is 40.4 Å². The van der Waals surface area contributed by atoms with Gasteiger partial charge in [-0.05, 0) is 73.5 Å². The molecule has 1 N–H and O–H groups in total. The molecule has 4 aliphatic carbocycles. The number of halogens is 2. The molecule has 4 rings (SSSR count). The summed E-state index contributed by atoms with van der Waals surface area (Å²) in [4.78, 5) is 36.8. The maximum Gasteiger partial charge on any atom is 0.303 e. The van der Waals surface area contributed by atoms with Crippen LogP contribution in [0.25, 0.3) is 0 Å². The van der Waals surface area contributed by atoms with Crippen LogP contribution in [0.3, 0.4) is 0 Å². The van der Waals surface area contributed by atoms with Crippen molar-refractivity contribution >= 4 is 49.4 Å². The van der Waals surface area contributed by atoms with Gasteiger partial charge in [0.25, 0.3) is 0 Å². The van der Waals surface area contributed by atoms with Gasteiger partial charge in [0.05, 0.1) is 9.65 Å². The van der Waals surface area contributed by atoms with E-state index in [1.807, 2.05) is 6.92 Å². The summed E-state index contributed by atoms with van der Waals surface area (Å²) < 4.78 is 4.99. The van der Waals surface area contributed by atoms with E-state index in [9.17, 15) is 19.5 Å². The summed E-state index contributed by atoms with van der Waals surface area (Å²) in [5.74, 6) is 0.745. The molecule has 0 amide bonds. The second kappa shape index (κ2) is 7.90. The van der Waals surface area contributed by atoms with Gasteiger partial charge < -0.3 is 9.84 Å². The highest BCUT2D eigenvalue weighted by Gasteiger charge is 2.69. The number of Topliss-reactive ketones (excluding diaryl/α,β-unsaturated/α-hetero) is 2. The molecule has 0 aliphatic heterocycles. The summed E-state index contributed by atoms with van der Waals surface area (Å²) in [6, 6.07) is 0. The summed E-state index contributed by atoms with van der Waals surface area (Å²) in [6.07, 6.45) is 5.44. The first-order valence-electron chi connectivity index (χ1n) is 11.6. The third-order valence-electron chi connectivity index (χ3n) is 9.91. The van der Waals surface area contributed by atoms with Crippen LogP contribution < -0.4 is 0 Å². The molecule has 0 aromatic heterocycles. The lowest BCUT2D eigenvalue weighted by atomic mass is 9.44. The first-order valence-corrected chi connectivity index (χ1v) is 13.4. The molecule has 0 aromatic rings. The molecule has 0 aromatic carbocycles. The normalized spacial score (nSPS) is 51.5. The number of carbonyl (C=O) groups excluding carboxylic acids is 3. The van der Waals surface area contributed by atoms with Gasteiger partial charge in [-0.25, -0.2) is 0 Å². The molecule has 0 saturated heterocycles. The molecule has 4 aliphatic rings. The molecule has 0 heterocycles. The topological polar surface area (TPSA) is 80.7 Å². The highest BCUT2D eigenvalue weighted by Crippen LogP contribution is 2.69. The number of hydrogen-bond donors (Lipinski definition) is 1. The molecule has 4 saturated carbocycles. The summed E-state index contributed by atoms with van der Waals surface area (Å²) in [5.41, 5.74) is -1.92. The van der Waals surface area contributed by atoms with Crippen molar-refractivity contribution < 1.29 is 24.2 Å². The Morgan fingerprint density at radius 3 is 2.45 bits per heavy atom. The summed E-state index contributed by atoms with van der Waals surface area (Å²) in [6.45, 7) is 7.35. The standard InChI is InChI=1S/C24H34Br2O5/c1-12-9-17-14-5-6-16-20(26)21(29)18(25)10-22(16,3)15(14)7-8-23(17,4)24(12,30)19(28)11-31-13(2)27/h12,14-18,20,30H,5-11H2,1-4H3/t12-,14-,15+,16+,17+,18?,20?,22-,23+,24+/m1/s1. The van der Waals surface area contributed by atoms with Gasteiger partial charge in [0, 0.05) is 12.3 Å². The van der Waals surface area contributed by atoms with Crippen LogP contribution in [0.4, 0.5) is 0 Å². The minimum absolute atomic E-state index is 0.0617. The van der Waals surface area contributed by atoms with Crippen LogP contribution in [-0.4, -0.2) is 44.5 Å². The van der Waals surface area contributed by atoms with Gasteiger partial charge in [-0.1, -0.05) is 52.6 Å². The Balaban J connectivity index is 1.64. The lowest BCUT2D eigenvalue weighted by molar-refractivity contribution is -0.179. The van der Waals surface area contributed by atoms with Crippen molar-refractivity contribution in [2.75, 3.05) is 6.61 Å². The molecule has 5 nitrogen and oxygen atoms in total. The monoisotopic (exact) mass is 560 g/mol. The van der Waals surface area contributed by atoms with Gasteiger partial charge in [-0.2, -0.15) is 0 Å². The molecule has 174 valence electrons. The van der Waals surface area contributed by atoms with E-state index in [1.165, 1.54) is 6.92 Å². The number of fused-ring (bicyclic) bond motifs is 5. The van der Waals surface area contributed by atoms with Crippen LogP contribution >= 0.6 is 31.9 Å². The van der Waals surface area contributed by atoms with E-state index < -0.39 is 17.0 Å². The molecule has 0 bridgehead atoms. The van der Waals surface area contributed by atoms with E-state index in [4.69, 9.17) is 4.74 Å². The lowest BCUT2D eigenvalue weighted by Gasteiger charge is -2.62. The quantitative estimate of drug-likeness (QED) is 0.406. The van der Waals surface area contributed by atoms with E-state index in [2.05, 4.69) is 45.7 Å². The molecule has 10 atom stereocenters. The van der Waals surface area contributed by atoms with E-state index in [0.717, 1.165) is 38.5 Å². The van der Waals surface area contributed by atoms with E-state index in [-0.39, 0.29) is 45.1 Å². The van der Waals surface area contributed by atoms with Crippen LogP contribution in [0.2, 0.25) is 0 Å². The van der Waals surface area contributed by atoms with Crippen molar-refractivity contribution in [3.05, 3.63) is 0 Å². The first-order chi connectivity index (χ1) is 14.4. The Kier molecular flexibility index (Phi) is 6.08. The van der Waals surface area contributed by atoms with Gasteiger partial charge in [0.1, 0.15) is 5.60 Å². The summed E-state index contributed by atoms with van der Waals surface area (Å²) in [7, 11) is 0. The number of hydrogen-bond acceptors (Lipinski definition) is 5. The molecular formula is C24H34Br2O5. The predicted molar refractivity (Wildman–Crippen MR) is 124 cm³/mol. The number of rotatable bonds is 3. The third-order valence-corrected chi connectivity index (χ3v) is 11.8. The largest absolute Gasteiger partial charge is 0.458 e. The van der Waals surface area contributed by atoms with Gasteiger partial charge in [0.2, 0.25) is 5.78 Å². The van der Waals surface area contributed by atoms with Crippen molar-refractivity contribution in [1.29, 1.82) is 0 Å². The van der Waals surface area contributed by atoms with Crippen LogP contribution in [0, 0.1) is 40.4 Å². The molecule has 2 unspecified atom stereocenters. The second-order valence-electron chi connectivity index (χ2n) is 11.1. The Bertz CT molecular complexity index is 801. The number of carbonyl (C=O) groups is 3. The van der Waals surface area contributed by atoms with E-state index in [0.29, 0.717) is 17.8 Å². The van der Waals surface area contributed by atoms with E-state index in [1.54, 1.807) is 0 Å². The Morgan fingerprint density at radius 2 is 1.81 bits per heavy atom. The zero-order chi connectivity index (χ0) is 22.9. The number of esters is 1. The van der Waals surface area contributed by atoms with Crippen molar-refractivity contribution in [2.45, 2.75) is 81.5 Å². The van der Waals surface area contributed by atoms with Crippen molar-refractivity contribution in [1.82, 2.24) is 0 Å². The minimum Gasteiger partial charge on any atom is -0.458 e. The highest BCUT2D eigenvalue weighted by molar-refractivity contribution is 9.10. The number of ketones is 2. The van der Waals surface area contributed by atoms with Crippen LogP contribution in [0.15, 0.2) is 0 Å². The zero-order valence-corrected chi connectivity index (χ0v) is 22.0. The van der Waals surface area contributed by atoms with E-state index >= 15 is 0 Å². The number of aliphatic hydroxyl groups is 1. The predicted octanol–water partition coefficient (Wildman–Crippen LogP) is 4.45. The maximum absolute atomic E-state index is 13.1. The third kappa shape index (κ3) is 3.26. The fraction of sp³-hybridized carbons (Fsp3) is 0.875. The van der Waals surface area contributed by atoms with Gasteiger partial charge in [-0.3, -0.25) is 14.4 Å². The van der Waals surface area contributed by atoms with Crippen LogP contribution in [-0.2, 0) is 19.1 Å². The zero-order valence-electron chi connectivity index (χ0n) is 18.8. The minimum atomic E-state index is -1.46. The van der Waals surface area contributed by atoms with Crippen LogP contribution in [0.5, 0.6) is 0 Å². The van der Waals surface area contributed by atoms with Crippen LogP contribution in [0.1, 0.15) is 66.2 Å². The average Bonchev–Trinajstić information content (AvgIpc) is 2.91. The Morgan fingerprint density at radius 1 is 1.13 bits per heavy atom. The van der Waals surface area contributed by atoms with Gasteiger partial charge in [-0.15, -0.1) is 0 Å². The first kappa shape index (κ1) is 23.9. The fourth-order valence-electron chi connectivity index (χ4n) is 8.34. The summed E-state index contributed by atoms with van der Waals surface area (Å²) >= 11 is 7.37. The van der Waals surface area contributed by atoms with Gasteiger partial charge in [0.15, 0.2) is 12.4 Å². The number of alkyl halides is 2. The molecule has 4 fully saturated rings. The maximum atomic E-state index is 13.1. The molecule has 0 radical (unpaired) electrons. The number of ether oxygens (including phenoxy) is 1. The molecule has 31 heavy (non-hydrogen) atoms. The smallest absolute Gasteiger partial charge is 0.303 e. The fourth-order valence-corrected chi connectivity index (χ4v) is 10.9. The average molecular weight is 562 g/mol. The SMILES string of the molecule is CC(=O)OCC(=O)[C@@]1(O)[C@H](C)C[C@H]2[C@@H]3CC[C@H]4C(Br)C(=O)C(Br)C[C@]4(C)[C@H]3CC[C@@]21C.